The van der Waals surface area contributed by atoms with Gasteiger partial charge in [-0.25, -0.2) is 0 Å². The third kappa shape index (κ3) is 19.8. The van der Waals surface area contributed by atoms with E-state index in [0.717, 1.165) is 12.8 Å². The van der Waals surface area contributed by atoms with Crippen molar-refractivity contribution in [3.8, 4) is 0 Å². The first-order chi connectivity index (χ1) is 17.4. The molecule has 0 aliphatic heterocycles. The second-order valence-electron chi connectivity index (χ2n) is 23.4. The van der Waals surface area contributed by atoms with Gasteiger partial charge in [-0.15, -0.1) is 0 Å². The molecule has 0 radical (unpaired) electrons. The molecule has 0 heterocycles. The van der Waals surface area contributed by atoms with Gasteiger partial charge in [0.1, 0.15) is 0 Å². The van der Waals surface area contributed by atoms with E-state index >= 15 is 0 Å². The first-order valence-corrected chi connectivity index (χ1v) is 17.1. The number of ether oxygens (including phenoxy) is 1. The highest BCUT2D eigenvalue weighted by atomic mass is 16.5. The van der Waals surface area contributed by atoms with E-state index in [9.17, 15) is 0 Å². The minimum atomic E-state index is -0.220. The zero-order chi connectivity index (χ0) is 33.4. The van der Waals surface area contributed by atoms with Crippen LogP contribution in [0.3, 0.4) is 0 Å². The lowest BCUT2D eigenvalue weighted by Crippen LogP contribution is -2.47. The monoisotopic (exact) mass is 579 g/mol. The lowest BCUT2D eigenvalue weighted by Gasteiger charge is -2.53. The first kappa shape index (κ1) is 41.0. The molecule has 0 amide bonds. The van der Waals surface area contributed by atoms with Gasteiger partial charge in [0.25, 0.3) is 0 Å². The van der Waals surface area contributed by atoms with Crippen LogP contribution in [-0.2, 0) is 4.74 Å². The maximum atomic E-state index is 7.42. The van der Waals surface area contributed by atoms with Gasteiger partial charge in [0, 0.05) is 0 Å². The number of hydrogen-bond acceptors (Lipinski definition) is 1. The van der Waals surface area contributed by atoms with Crippen molar-refractivity contribution in [3.05, 3.63) is 0 Å². The summed E-state index contributed by atoms with van der Waals surface area (Å²) in [7, 11) is 0. The fraction of sp³-hybridized carbons (Fsp3) is 1.00. The second kappa shape index (κ2) is 12.8. The average molecular weight is 579 g/mol. The summed E-state index contributed by atoms with van der Waals surface area (Å²) in [5.41, 5.74) is 1.60. The van der Waals surface area contributed by atoms with Gasteiger partial charge < -0.3 is 4.74 Å². The van der Waals surface area contributed by atoms with E-state index in [1.54, 1.807) is 0 Å². The Morgan fingerprint density at radius 1 is 0.244 bits per heavy atom. The molecule has 0 saturated heterocycles. The maximum absolute atomic E-state index is 7.42. The summed E-state index contributed by atoms with van der Waals surface area (Å²) in [6, 6.07) is 0. The molecular weight excluding hydrogens is 496 g/mol. The zero-order valence-corrected chi connectivity index (χ0v) is 33.1. The van der Waals surface area contributed by atoms with E-state index in [-0.39, 0.29) is 54.5 Å². The minimum Gasteiger partial charge on any atom is -0.370 e. The molecule has 0 bridgehead atoms. The summed E-state index contributed by atoms with van der Waals surface area (Å²) >= 11 is 0. The van der Waals surface area contributed by atoms with Crippen LogP contribution in [0.2, 0.25) is 0 Å². The lowest BCUT2D eigenvalue weighted by molar-refractivity contribution is -0.170. The van der Waals surface area contributed by atoms with Crippen molar-refractivity contribution >= 4 is 0 Å². The maximum Gasteiger partial charge on any atom is 0.0639 e. The molecule has 0 spiro atoms. The zero-order valence-electron chi connectivity index (χ0n) is 33.1. The van der Waals surface area contributed by atoms with Crippen LogP contribution in [-0.4, -0.2) is 11.2 Å². The molecule has 1 nitrogen and oxygen atoms in total. The fourth-order valence-corrected chi connectivity index (χ4v) is 10.1. The molecule has 0 saturated carbocycles. The van der Waals surface area contributed by atoms with Gasteiger partial charge in [-0.2, -0.15) is 0 Å². The summed E-state index contributed by atoms with van der Waals surface area (Å²) in [4.78, 5) is 0. The van der Waals surface area contributed by atoms with Crippen molar-refractivity contribution < 1.29 is 4.74 Å². The largest absolute Gasteiger partial charge is 0.370 e. The smallest absolute Gasteiger partial charge is 0.0639 e. The Morgan fingerprint density at radius 3 is 0.512 bits per heavy atom. The predicted octanol–water partition coefficient (Wildman–Crippen LogP) is 13.9. The van der Waals surface area contributed by atoms with Crippen molar-refractivity contribution in [1.82, 2.24) is 0 Å². The van der Waals surface area contributed by atoms with Crippen LogP contribution in [0.4, 0.5) is 0 Å². The molecule has 41 heavy (non-hydrogen) atoms. The molecule has 0 unspecified atom stereocenters. The minimum absolute atomic E-state index is 0.216. The lowest BCUT2D eigenvalue weighted by atomic mass is 9.57. The van der Waals surface area contributed by atoms with Crippen molar-refractivity contribution in [1.29, 1.82) is 0 Å². The molecule has 0 aromatic carbocycles. The highest BCUT2D eigenvalue weighted by Gasteiger charge is 2.48. The van der Waals surface area contributed by atoms with E-state index in [0.29, 0.717) is 0 Å². The van der Waals surface area contributed by atoms with Crippen LogP contribution in [0.25, 0.3) is 0 Å². The fourth-order valence-electron chi connectivity index (χ4n) is 10.1. The molecule has 0 N–H and O–H groups in total. The summed E-state index contributed by atoms with van der Waals surface area (Å²) in [5, 5.41) is 0. The third-order valence-electron chi connectivity index (χ3n) is 7.59. The molecule has 0 aliphatic carbocycles. The Hall–Kier alpha value is -0.0400. The Kier molecular flexibility index (Phi) is 12.7. The molecule has 248 valence electrons. The van der Waals surface area contributed by atoms with Gasteiger partial charge >= 0.3 is 0 Å². The van der Waals surface area contributed by atoms with Crippen LogP contribution in [0.1, 0.15) is 204 Å². The van der Waals surface area contributed by atoms with Gasteiger partial charge in [-0.3, -0.25) is 0 Å². The van der Waals surface area contributed by atoms with Crippen LogP contribution in [0.5, 0.6) is 0 Å². The van der Waals surface area contributed by atoms with Crippen molar-refractivity contribution in [2.75, 3.05) is 0 Å². The quantitative estimate of drug-likeness (QED) is 0.224. The molecule has 0 aromatic heterocycles. The molecule has 0 aromatic rings. The van der Waals surface area contributed by atoms with Gasteiger partial charge in [-0.1, -0.05) is 125 Å². The summed E-state index contributed by atoms with van der Waals surface area (Å²) in [6.45, 7) is 53.4. The van der Waals surface area contributed by atoms with Crippen molar-refractivity contribution in [3.63, 3.8) is 0 Å². The standard InChI is InChI=1S/C40H82O/c1-31(2,3)23-39(24-32(4,5)6,25-33(7,8)9)29-37(19,20)41-38(21,22)30-40(26-34(10,11)12,27-35(13,14)15)28-36(16,17)18/h23-30H2,1-22H3. The van der Waals surface area contributed by atoms with E-state index in [4.69, 9.17) is 4.74 Å². The predicted molar refractivity (Wildman–Crippen MR) is 188 cm³/mol. The van der Waals surface area contributed by atoms with E-state index in [1.807, 2.05) is 0 Å². The second-order valence-corrected chi connectivity index (χ2v) is 23.4. The van der Waals surface area contributed by atoms with Crippen molar-refractivity contribution in [2.24, 2.45) is 43.3 Å². The molecular formula is C40H82O. The Balaban J connectivity index is 6.73. The molecule has 0 aliphatic rings. The molecule has 0 fully saturated rings. The third-order valence-corrected chi connectivity index (χ3v) is 7.59. The number of rotatable bonds is 12. The van der Waals surface area contributed by atoms with Gasteiger partial charge in [0.15, 0.2) is 0 Å². The topological polar surface area (TPSA) is 9.23 Å². The normalized spacial score (nSPS) is 16.0. The van der Waals surface area contributed by atoms with Crippen molar-refractivity contribution in [2.45, 2.75) is 215 Å². The van der Waals surface area contributed by atoms with Crippen LogP contribution >= 0.6 is 0 Å². The first-order valence-electron chi connectivity index (χ1n) is 17.1. The van der Waals surface area contributed by atoms with E-state index in [1.165, 1.54) is 38.5 Å². The summed E-state index contributed by atoms with van der Waals surface area (Å²) in [6.07, 6.45) is 9.55. The van der Waals surface area contributed by atoms with Crippen LogP contribution in [0, 0.1) is 43.3 Å². The van der Waals surface area contributed by atoms with Crippen LogP contribution in [0.15, 0.2) is 0 Å². The molecule has 0 rings (SSSR count). The van der Waals surface area contributed by atoms with Crippen LogP contribution < -0.4 is 0 Å². The number of hydrogen-bond donors (Lipinski definition) is 0. The highest BCUT2D eigenvalue weighted by Crippen LogP contribution is 2.56. The van der Waals surface area contributed by atoms with Gasteiger partial charge in [-0.05, 0) is 122 Å². The van der Waals surface area contributed by atoms with E-state index < -0.39 is 0 Å². The summed E-state index contributed by atoms with van der Waals surface area (Å²) in [5.74, 6) is 0. The summed E-state index contributed by atoms with van der Waals surface area (Å²) < 4.78 is 7.42. The Morgan fingerprint density at radius 2 is 0.390 bits per heavy atom. The highest BCUT2D eigenvalue weighted by molar-refractivity contribution is 4.98. The SMILES string of the molecule is CC(C)(C)CC(CC(C)(C)C)(CC(C)(C)C)CC(C)(C)OC(C)(C)CC(CC(C)(C)C)(CC(C)(C)C)CC(C)(C)C. The molecule has 0 atom stereocenters. The van der Waals surface area contributed by atoms with Gasteiger partial charge in [0.05, 0.1) is 11.2 Å². The Bertz CT molecular complexity index is 631. The molecule has 1 heteroatoms. The Labute approximate surface area is 262 Å². The average Bonchev–Trinajstić information content (AvgIpc) is 2.37. The van der Waals surface area contributed by atoms with E-state index in [2.05, 4.69) is 152 Å². The van der Waals surface area contributed by atoms with Gasteiger partial charge in [0.2, 0.25) is 0 Å².